The Morgan fingerprint density at radius 2 is 1.65 bits per heavy atom. The van der Waals surface area contributed by atoms with Crippen molar-refractivity contribution < 1.29 is 19.4 Å². The first-order valence-corrected chi connectivity index (χ1v) is 11.0. The summed E-state index contributed by atoms with van der Waals surface area (Å²) in [5.41, 5.74) is 3.36. The zero-order valence-corrected chi connectivity index (χ0v) is 18.9. The van der Waals surface area contributed by atoms with Gasteiger partial charge < -0.3 is 9.84 Å². The van der Waals surface area contributed by atoms with Crippen LogP contribution in [-0.4, -0.2) is 23.0 Å². The molecule has 1 fully saturated rings. The molecule has 4 nitrogen and oxygen atoms in total. The Labute approximate surface area is 184 Å². The van der Waals surface area contributed by atoms with Gasteiger partial charge in [0.1, 0.15) is 11.3 Å². The van der Waals surface area contributed by atoms with E-state index in [1.54, 1.807) is 0 Å². The van der Waals surface area contributed by atoms with E-state index in [1.165, 1.54) is 11.1 Å². The number of aryl methyl sites for hydroxylation is 1. The number of ether oxygens (including phenoxy) is 1. The zero-order valence-electron chi connectivity index (χ0n) is 18.9. The summed E-state index contributed by atoms with van der Waals surface area (Å²) in [6.45, 7) is 8.31. The van der Waals surface area contributed by atoms with Crippen molar-refractivity contribution in [3.63, 3.8) is 0 Å². The molecule has 2 unspecified atom stereocenters. The SMILES string of the molecule is CC(Cc1ccc(C(C)(C)C)cc1)C(O)=C1C(=O)OC(CCCc2ccccc2)C1=O. The number of hydrogen-bond acceptors (Lipinski definition) is 4. The molecule has 1 saturated heterocycles. The molecule has 3 rings (SSSR count). The van der Waals surface area contributed by atoms with Gasteiger partial charge in [0.05, 0.1) is 0 Å². The Morgan fingerprint density at radius 3 is 2.26 bits per heavy atom. The van der Waals surface area contributed by atoms with Crippen LogP contribution in [-0.2, 0) is 32.6 Å². The minimum atomic E-state index is -0.799. The molecule has 0 radical (unpaired) electrons. The number of Topliss-reactive ketones (excluding diaryl/α,β-unsaturated/α-hetero) is 1. The predicted octanol–water partition coefficient (Wildman–Crippen LogP) is 5.49. The lowest BCUT2D eigenvalue weighted by Crippen LogP contribution is -2.18. The molecular formula is C27H32O4. The molecule has 0 aromatic heterocycles. The average molecular weight is 421 g/mol. The number of aliphatic hydroxyl groups excluding tert-OH is 1. The molecule has 2 aromatic carbocycles. The number of ketones is 1. The summed E-state index contributed by atoms with van der Waals surface area (Å²) in [6.07, 6.45) is 1.75. The van der Waals surface area contributed by atoms with E-state index in [0.29, 0.717) is 12.8 Å². The molecule has 0 bridgehead atoms. The summed E-state index contributed by atoms with van der Waals surface area (Å²) in [4.78, 5) is 25.1. The van der Waals surface area contributed by atoms with Crippen LogP contribution in [0.2, 0.25) is 0 Å². The molecule has 1 aliphatic rings. The lowest BCUT2D eigenvalue weighted by atomic mass is 9.86. The number of hydrogen-bond donors (Lipinski definition) is 1. The van der Waals surface area contributed by atoms with E-state index in [1.807, 2.05) is 49.4 Å². The van der Waals surface area contributed by atoms with Gasteiger partial charge in [0.2, 0.25) is 5.78 Å². The van der Waals surface area contributed by atoms with Gasteiger partial charge in [0.25, 0.3) is 0 Å². The van der Waals surface area contributed by atoms with Gasteiger partial charge in [-0.05, 0) is 47.8 Å². The summed E-state index contributed by atoms with van der Waals surface area (Å²) >= 11 is 0. The number of cyclic esters (lactones) is 1. The monoisotopic (exact) mass is 420 g/mol. The van der Waals surface area contributed by atoms with Gasteiger partial charge in [-0.15, -0.1) is 0 Å². The first-order chi connectivity index (χ1) is 14.7. The normalized spacial score (nSPS) is 19.3. The highest BCUT2D eigenvalue weighted by atomic mass is 16.6. The van der Waals surface area contributed by atoms with Crippen LogP contribution in [0.5, 0.6) is 0 Å². The molecule has 1 N–H and O–H groups in total. The molecule has 1 heterocycles. The Morgan fingerprint density at radius 1 is 1.00 bits per heavy atom. The molecule has 0 aliphatic carbocycles. The average Bonchev–Trinajstić information content (AvgIpc) is 3.01. The first kappa shape index (κ1) is 22.8. The maximum Gasteiger partial charge on any atom is 0.346 e. The minimum absolute atomic E-state index is 0.0732. The molecule has 0 amide bonds. The van der Waals surface area contributed by atoms with Crippen LogP contribution in [0.1, 0.15) is 57.2 Å². The Balaban J connectivity index is 1.63. The van der Waals surface area contributed by atoms with E-state index in [0.717, 1.165) is 18.4 Å². The summed E-state index contributed by atoms with van der Waals surface area (Å²) in [7, 11) is 0. The van der Waals surface area contributed by atoms with E-state index in [2.05, 4.69) is 32.9 Å². The van der Waals surface area contributed by atoms with Crippen molar-refractivity contribution >= 4 is 11.8 Å². The lowest BCUT2D eigenvalue weighted by Gasteiger charge is -2.19. The van der Waals surface area contributed by atoms with Gasteiger partial charge in [-0.1, -0.05) is 82.3 Å². The van der Waals surface area contributed by atoms with Crippen molar-refractivity contribution in [2.45, 2.75) is 64.9 Å². The minimum Gasteiger partial charge on any atom is -0.511 e. The fourth-order valence-electron chi connectivity index (χ4n) is 3.90. The Bertz CT molecular complexity index is 949. The van der Waals surface area contributed by atoms with Crippen molar-refractivity contribution in [1.82, 2.24) is 0 Å². The summed E-state index contributed by atoms with van der Waals surface area (Å²) < 4.78 is 5.29. The molecule has 4 heteroatoms. The molecule has 2 aromatic rings. The quantitative estimate of drug-likeness (QED) is 0.278. The van der Waals surface area contributed by atoms with Crippen LogP contribution in [0, 0.1) is 5.92 Å². The van der Waals surface area contributed by atoms with Gasteiger partial charge >= 0.3 is 5.97 Å². The number of rotatable bonds is 7. The number of esters is 1. The van der Waals surface area contributed by atoms with E-state index in [9.17, 15) is 14.7 Å². The van der Waals surface area contributed by atoms with Gasteiger partial charge in [0.15, 0.2) is 6.10 Å². The molecule has 164 valence electrons. The summed E-state index contributed by atoms with van der Waals surface area (Å²) in [5, 5.41) is 10.7. The second-order valence-electron chi connectivity index (χ2n) is 9.45. The maximum absolute atomic E-state index is 12.7. The standard InChI is InChI=1S/C27H32O4/c1-18(17-20-13-15-21(16-14-20)27(2,3)4)24(28)23-25(29)22(31-26(23)30)12-8-11-19-9-6-5-7-10-19/h5-7,9-10,13-16,18,22,28H,8,11-12,17H2,1-4H3. The van der Waals surface area contributed by atoms with Crippen LogP contribution < -0.4 is 0 Å². The molecule has 2 atom stereocenters. The highest BCUT2D eigenvalue weighted by Crippen LogP contribution is 2.28. The van der Waals surface area contributed by atoms with Crippen LogP contribution >= 0.6 is 0 Å². The van der Waals surface area contributed by atoms with Crippen molar-refractivity contribution in [2.24, 2.45) is 5.92 Å². The fraction of sp³-hybridized carbons (Fsp3) is 0.407. The highest BCUT2D eigenvalue weighted by Gasteiger charge is 2.41. The first-order valence-electron chi connectivity index (χ1n) is 11.0. The number of allylic oxidation sites excluding steroid dienone is 1. The summed E-state index contributed by atoms with van der Waals surface area (Å²) in [5.74, 6) is -1.62. The predicted molar refractivity (Wildman–Crippen MR) is 122 cm³/mol. The molecular weight excluding hydrogens is 388 g/mol. The number of carbonyl (C=O) groups is 2. The highest BCUT2D eigenvalue weighted by molar-refractivity contribution is 6.23. The second-order valence-corrected chi connectivity index (χ2v) is 9.45. The molecule has 31 heavy (non-hydrogen) atoms. The number of carbonyl (C=O) groups excluding carboxylic acids is 2. The largest absolute Gasteiger partial charge is 0.511 e. The van der Waals surface area contributed by atoms with Crippen LogP contribution in [0.3, 0.4) is 0 Å². The van der Waals surface area contributed by atoms with Crippen molar-refractivity contribution in [3.05, 3.63) is 82.6 Å². The maximum atomic E-state index is 12.7. The third-order valence-corrected chi connectivity index (χ3v) is 5.85. The van der Waals surface area contributed by atoms with Crippen LogP contribution in [0.15, 0.2) is 65.9 Å². The third kappa shape index (κ3) is 5.63. The lowest BCUT2D eigenvalue weighted by molar-refractivity contribution is -0.141. The molecule has 0 spiro atoms. The van der Waals surface area contributed by atoms with Crippen molar-refractivity contribution in [1.29, 1.82) is 0 Å². The van der Waals surface area contributed by atoms with Gasteiger partial charge in [-0.2, -0.15) is 0 Å². The third-order valence-electron chi connectivity index (χ3n) is 5.85. The molecule has 0 saturated carbocycles. The van der Waals surface area contributed by atoms with Gasteiger partial charge in [0, 0.05) is 5.92 Å². The summed E-state index contributed by atoms with van der Waals surface area (Å²) in [6, 6.07) is 18.2. The van der Waals surface area contributed by atoms with Gasteiger partial charge in [-0.3, -0.25) is 4.79 Å². The van der Waals surface area contributed by atoms with Crippen LogP contribution in [0.25, 0.3) is 0 Å². The van der Waals surface area contributed by atoms with E-state index < -0.39 is 17.9 Å². The number of aliphatic hydroxyl groups is 1. The fourth-order valence-corrected chi connectivity index (χ4v) is 3.90. The van der Waals surface area contributed by atoms with Crippen LogP contribution in [0.4, 0.5) is 0 Å². The van der Waals surface area contributed by atoms with E-state index in [4.69, 9.17) is 4.74 Å². The van der Waals surface area contributed by atoms with E-state index in [-0.39, 0.29) is 22.7 Å². The Hall–Kier alpha value is -2.88. The van der Waals surface area contributed by atoms with E-state index >= 15 is 0 Å². The van der Waals surface area contributed by atoms with Gasteiger partial charge in [-0.25, -0.2) is 4.79 Å². The van der Waals surface area contributed by atoms with Crippen molar-refractivity contribution in [3.8, 4) is 0 Å². The topological polar surface area (TPSA) is 63.6 Å². The Kier molecular flexibility index (Phi) is 6.99. The zero-order chi connectivity index (χ0) is 22.6. The second kappa shape index (κ2) is 9.51. The smallest absolute Gasteiger partial charge is 0.346 e. The number of benzene rings is 2. The molecule has 1 aliphatic heterocycles. The van der Waals surface area contributed by atoms with Crippen molar-refractivity contribution in [2.75, 3.05) is 0 Å².